The molecule has 0 unspecified atom stereocenters. The quantitative estimate of drug-likeness (QED) is 0.940. The molecule has 2 rings (SSSR count). The van der Waals surface area contributed by atoms with Gasteiger partial charge in [-0.25, -0.2) is 9.37 Å². The fourth-order valence-corrected chi connectivity index (χ4v) is 2.05. The van der Waals surface area contributed by atoms with Crippen LogP contribution >= 0.6 is 0 Å². The number of hydrogen-bond donors (Lipinski definition) is 1. The normalized spacial score (nSPS) is 10.3. The molecular formula is C16H18FN3O. The molecule has 1 amide bonds. The van der Waals surface area contributed by atoms with Gasteiger partial charge in [-0.1, -0.05) is 19.1 Å². The molecule has 1 heterocycles. The summed E-state index contributed by atoms with van der Waals surface area (Å²) >= 11 is 0. The number of halogens is 1. The van der Waals surface area contributed by atoms with Crippen LogP contribution in [-0.2, 0) is 6.42 Å². The Kier molecular flexibility index (Phi) is 4.52. The van der Waals surface area contributed by atoms with Crippen molar-refractivity contribution in [3.8, 4) is 0 Å². The first-order valence-corrected chi connectivity index (χ1v) is 6.78. The van der Waals surface area contributed by atoms with Crippen LogP contribution in [0.3, 0.4) is 0 Å². The van der Waals surface area contributed by atoms with Crippen LogP contribution in [-0.4, -0.2) is 25.0 Å². The maximum Gasteiger partial charge on any atom is 0.258 e. The highest BCUT2D eigenvalue weighted by Gasteiger charge is 2.17. The summed E-state index contributed by atoms with van der Waals surface area (Å²) < 4.78 is 13.8. The van der Waals surface area contributed by atoms with E-state index in [4.69, 9.17) is 0 Å². The van der Waals surface area contributed by atoms with Crippen LogP contribution in [0.2, 0.25) is 0 Å². The van der Waals surface area contributed by atoms with Crippen molar-refractivity contribution in [3.63, 3.8) is 0 Å². The zero-order chi connectivity index (χ0) is 15.4. The van der Waals surface area contributed by atoms with Crippen LogP contribution < -0.4 is 10.2 Å². The topological polar surface area (TPSA) is 45.2 Å². The maximum atomic E-state index is 13.8. The van der Waals surface area contributed by atoms with E-state index in [0.717, 1.165) is 12.1 Å². The van der Waals surface area contributed by atoms with Crippen LogP contribution in [0.5, 0.6) is 0 Å². The van der Waals surface area contributed by atoms with E-state index in [2.05, 4.69) is 10.3 Å². The van der Waals surface area contributed by atoms with Gasteiger partial charge in [0.05, 0.1) is 5.69 Å². The van der Waals surface area contributed by atoms with E-state index in [1.807, 2.05) is 6.92 Å². The van der Waals surface area contributed by atoms with Crippen LogP contribution in [0.15, 0.2) is 36.4 Å². The molecule has 0 atom stereocenters. The van der Waals surface area contributed by atoms with Crippen molar-refractivity contribution in [1.82, 2.24) is 4.98 Å². The summed E-state index contributed by atoms with van der Waals surface area (Å²) in [6.45, 7) is 1.97. The highest BCUT2D eigenvalue weighted by Crippen LogP contribution is 2.20. The zero-order valence-corrected chi connectivity index (χ0v) is 12.4. The SMILES string of the molecule is CCc1cc(C(=O)N(C)c2ccccc2F)cc(NC)n1. The third-order valence-electron chi connectivity index (χ3n) is 3.26. The Morgan fingerprint density at radius 1 is 1.33 bits per heavy atom. The number of amides is 1. The summed E-state index contributed by atoms with van der Waals surface area (Å²) in [7, 11) is 3.31. The largest absolute Gasteiger partial charge is 0.373 e. The molecule has 2 aromatic rings. The first-order chi connectivity index (χ1) is 10.1. The molecule has 1 N–H and O–H groups in total. The fourth-order valence-electron chi connectivity index (χ4n) is 2.05. The molecule has 1 aromatic heterocycles. The monoisotopic (exact) mass is 287 g/mol. The second kappa shape index (κ2) is 6.35. The van der Waals surface area contributed by atoms with Crippen molar-refractivity contribution in [2.75, 3.05) is 24.3 Å². The lowest BCUT2D eigenvalue weighted by molar-refractivity contribution is 0.0992. The molecule has 110 valence electrons. The number of rotatable bonds is 4. The number of nitrogens with zero attached hydrogens (tertiary/aromatic N) is 2. The van der Waals surface area contributed by atoms with Crippen molar-refractivity contribution >= 4 is 17.4 Å². The highest BCUT2D eigenvalue weighted by atomic mass is 19.1. The van der Waals surface area contributed by atoms with Gasteiger partial charge in [0.2, 0.25) is 0 Å². The second-order valence-corrected chi connectivity index (χ2v) is 4.65. The molecular weight excluding hydrogens is 269 g/mol. The molecule has 5 heteroatoms. The van der Waals surface area contributed by atoms with Crippen molar-refractivity contribution in [2.45, 2.75) is 13.3 Å². The van der Waals surface area contributed by atoms with Crippen molar-refractivity contribution in [2.24, 2.45) is 0 Å². The summed E-state index contributed by atoms with van der Waals surface area (Å²) in [6.07, 6.45) is 0.721. The highest BCUT2D eigenvalue weighted by molar-refractivity contribution is 6.06. The van der Waals surface area contributed by atoms with Gasteiger partial charge in [0, 0.05) is 25.4 Å². The van der Waals surface area contributed by atoms with Gasteiger partial charge in [0.15, 0.2) is 0 Å². The lowest BCUT2D eigenvalue weighted by Gasteiger charge is -2.18. The Balaban J connectivity index is 2.37. The molecule has 0 bridgehead atoms. The molecule has 0 radical (unpaired) electrons. The number of aromatic nitrogens is 1. The third-order valence-corrected chi connectivity index (χ3v) is 3.26. The Labute approximate surface area is 123 Å². The van der Waals surface area contributed by atoms with Gasteiger partial charge in [-0.05, 0) is 30.7 Å². The predicted octanol–water partition coefficient (Wildman–Crippen LogP) is 3.10. The summed E-state index contributed by atoms with van der Waals surface area (Å²) in [6, 6.07) is 9.61. The molecule has 1 aromatic carbocycles. The lowest BCUT2D eigenvalue weighted by Crippen LogP contribution is -2.27. The number of aryl methyl sites for hydroxylation is 1. The third kappa shape index (κ3) is 3.18. The number of carbonyl (C=O) groups is 1. The zero-order valence-electron chi connectivity index (χ0n) is 12.4. The molecule has 0 aliphatic rings. The maximum absolute atomic E-state index is 13.8. The molecule has 0 aliphatic heterocycles. The Bertz CT molecular complexity index is 635. The van der Waals surface area contributed by atoms with Gasteiger partial charge < -0.3 is 10.2 Å². The predicted molar refractivity (Wildman–Crippen MR) is 82.3 cm³/mol. The van der Waals surface area contributed by atoms with E-state index in [1.54, 1.807) is 44.4 Å². The Morgan fingerprint density at radius 2 is 2.05 bits per heavy atom. The average Bonchev–Trinajstić information content (AvgIpc) is 2.53. The first kappa shape index (κ1) is 15.0. The number of anilines is 2. The number of pyridine rings is 1. The summed E-state index contributed by atoms with van der Waals surface area (Å²) in [5.74, 6) is -0.0692. The number of benzene rings is 1. The van der Waals surface area contributed by atoms with Gasteiger partial charge >= 0.3 is 0 Å². The first-order valence-electron chi connectivity index (χ1n) is 6.78. The molecule has 4 nitrogen and oxygen atoms in total. The minimum Gasteiger partial charge on any atom is -0.373 e. The van der Waals surface area contributed by atoms with Gasteiger partial charge in [-0.15, -0.1) is 0 Å². The molecule has 21 heavy (non-hydrogen) atoms. The van der Waals surface area contributed by atoms with E-state index in [9.17, 15) is 9.18 Å². The minimum absolute atomic E-state index is 0.253. The summed E-state index contributed by atoms with van der Waals surface area (Å²) in [5.41, 5.74) is 1.55. The molecule has 0 aliphatic carbocycles. The fraction of sp³-hybridized carbons (Fsp3) is 0.250. The molecule has 0 spiro atoms. The van der Waals surface area contributed by atoms with E-state index >= 15 is 0 Å². The van der Waals surface area contributed by atoms with E-state index in [-0.39, 0.29) is 11.6 Å². The minimum atomic E-state index is -0.424. The van der Waals surface area contributed by atoms with Gasteiger partial charge in [-0.2, -0.15) is 0 Å². The van der Waals surface area contributed by atoms with Crippen molar-refractivity contribution in [1.29, 1.82) is 0 Å². The van der Waals surface area contributed by atoms with E-state index < -0.39 is 5.82 Å². The number of para-hydroxylation sites is 1. The summed E-state index contributed by atoms with van der Waals surface area (Å²) in [5, 5.41) is 2.93. The second-order valence-electron chi connectivity index (χ2n) is 4.65. The van der Waals surface area contributed by atoms with E-state index in [0.29, 0.717) is 11.4 Å². The van der Waals surface area contributed by atoms with Gasteiger partial charge in [0.1, 0.15) is 11.6 Å². The average molecular weight is 287 g/mol. The van der Waals surface area contributed by atoms with Gasteiger partial charge in [0.25, 0.3) is 5.91 Å². The lowest BCUT2D eigenvalue weighted by atomic mass is 10.1. The number of carbonyl (C=O) groups excluding carboxylic acids is 1. The van der Waals surface area contributed by atoms with E-state index in [1.165, 1.54) is 11.0 Å². The number of nitrogens with one attached hydrogen (secondary N) is 1. The smallest absolute Gasteiger partial charge is 0.258 e. The molecule has 0 saturated heterocycles. The van der Waals surface area contributed by atoms with Gasteiger partial charge in [-0.3, -0.25) is 4.79 Å². The van der Waals surface area contributed by atoms with Crippen LogP contribution in [0.4, 0.5) is 15.9 Å². The van der Waals surface area contributed by atoms with Crippen LogP contribution in [0.25, 0.3) is 0 Å². The number of hydrogen-bond acceptors (Lipinski definition) is 3. The Morgan fingerprint density at radius 3 is 2.67 bits per heavy atom. The van der Waals surface area contributed by atoms with Crippen molar-refractivity contribution in [3.05, 3.63) is 53.5 Å². The van der Waals surface area contributed by atoms with Crippen LogP contribution in [0.1, 0.15) is 23.0 Å². The molecule has 0 saturated carbocycles. The van der Waals surface area contributed by atoms with Crippen molar-refractivity contribution < 1.29 is 9.18 Å². The summed E-state index contributed by atoms with van der Waals surface area (Å²) in [4.78, 5) is 18.2. The van der Waals surface area contributed by atoms with Crippen LogP contribution in [0, 0.1) is 5.82 Å². The standard InChI is InChI=1S/C16H18FN3O/c1-4-12-9-11(10-15(18-2)19-12)16(21)20(3)14-8-6-5-7-13(14)17/h5-10H,4H2,1-3H3,(H,18,19). The molecule has 0 fully saturated rings. The Hall–Kier alpha value is -2.43.